The molecular weight excluding hydrogens is 493 g/mol. The van der Waals surface area contributed by atoms with E-state index in [1.165, 1.54) is 12.1 Å². The lowest BCUT2D eigenvalue weighted by Gasteiger charge is -2.07. The molecule has 1 heterocycles. The molecule has 0 fully saturated rings. The normalized spacial score (nSPS) is 11.7. The largest absolute Gasteiger partial charge is 0.388 e. The molecule has 3 rings (SSSR count). The fourth-order valence-electron chi connectivity index (χ4n) is 2.53. The molecule has 3 aromatic rings. The van der Waals surface area contributed by atoms with Crippen LogP contribution in [-0.2, 0) is 16.4 Å². The molecule has 0 aliphatic carbocycles. The lowest BCUT2D eigenvalue weighted by molar-refractivity contribution is 0.230. The van der Waals surface area contributed by atoms with Gasteiger partial charge in [0, 0.05) is 20.8 Å². The zero-order valence-electron chi connectivity index (χ0n) is 13.3. The highest BCUT2D eigenvalue weighted by atomic mass is 79.9. The Hall–Kier alpha value is -1.55. The van der Waals surface area contributed by atoms with E-state index in [1.54, 1.807) is 12.1 Å². The maximum absolute atomic E-state index is 14.3. The van der Waals surface area contributed by atoms with Crippen LogP contribution in [0.3, 0.4) is 0 Å². The molecule has 9 heteroatoms. The second-order valence-corrected chi connectivity index (χ2v) is 9.23. The quantitative estimate of drug-likeness (QED) is 0.563. The molecule has 0 saturated carbocycles. The van der Waals surface area contributed by atoms with E-state index in [0.29, 0.717) is 22.4 Å². The summed E-state index contributed by atoms with van der Waals surface area (Å²) in [6.45, 7) is -0.435. The van der Waals surface area contributed by atoms with Gasteiger partial charge in [-0.15, -0.1) is 0 Å². The summed E-state index contributed by atoms with van der Waals surface area (Å²) in [6, 6.07) is 9.15. The Morgan fingerprint density at radius 1 is 1.12 bits per heavy atom. The van der Waals surface area contributed by atoms with E-state index in [4.69, 9.17) is 4.52 Å². The highest BCUT2D eigenvalue weighted by Crippen LogP contribution is 2.37. The summed E-state index contributed by atoms with van der Waals surface area (Å²) < 4.78 is 44.4. The third-order valence-electron chi connectivity index (χ3n) is 3.72. The van der Waals surface area contributed by atoms with Crippen molar-refractivity contribution in [2.75, 3.05) is 6.26 Å². The van der Waals surface area contributed by atoms with E-state index in [1.807, 2.05) is 6.07 Å². The van der Waals surface area contributed by atoms with E-state index in [9.17, 15) is 17.9 Å². The molecule has 0 aliphatic rings. The van der Waals surface area contributed by atoms with Crippen molar-refractivity contribution in [2.45, 2.75) is 11.5 Å². The third-order valence-corrected chi connectivity index (χ3v) is 6.73. The molecule has 0 aliphatic heterocycles. The highest BCUT2D eigenvalue weighted by molar-refractivity contribution is 9.13. The van der Waals surface area contributed by atoms with Gasteiger partial charge in [0.05, 0.1) is 5.56 Å². The van der Waals surface area contributed by atoms with E-state index in [2.05, 4.69) is 37.0 Å². The summed E-state index contributed by atoms with van der Waals surface area (Å²) in [5.74, 6) is -0.719. The van der Waals surface area contributed by atoms with Gasteiger partial charge in [-0.25, -0.2) is 12.8 Å². The number of rotatable bonds is 4. The Morgan fingerprint density at radius 2 is 1.81 bits per heavy atom. The molecule has 26 heavy (non-hydrogen) atoms. The van der Waals surface area contributed by atoms with Crippen molar-refractivity contribution in [3.8, 4) is 22.4 Å². The van der Waals surface area contributed by atoms with Crippen LogP contribution in [0.15, 0.2) is 54.8 Å². The second kappa shape index (κ2) is 7.22. The Balaban J connectivity index is 2.20. The zero-order chi connectivity index (χ0) is 19.1. The van der Waals surface area contributed by atoms with E-state index in [-0.39, 0.29) is 5.76 Å². The average molecular weight is 505 g/mol. The maximum Gasteiger partial charge on any atom is 0.178 e. The van der Waals surface area contributed by atoms with Crippen LogP contribution in [0.4, 0.5) is 4.39 Å². The van der Waals surface area contributed by atoms with Crippen LogP contribution in [0.1, 0.15) is 5.76 Å². The SMILES string of the molecule is CS(=O)(=O)c1ccc(-c2c(-c3ccc(Br)c(Br)c3)noc2CO)cc1F. The molecule has 2 aromatic carbocycles. The number of aliphatic hydroxyl groups is 1. The van der Waals surface area contributed by atoms with Gasteiger partial charge in [-0.05, 0) is 61.7 Å². The fourth-order valence-corrected chi connectivity index (χ4v) is 3.88. The van der Waals surface area contributed by atoms with Gasteiger partial charge in [0.15, 0.2) is 15.6 Å². The number of aromatic nitrogens is 1. The first-order chi connectivity index (χ1) is 12.2. The van der Waals surface area contributed by atoms with Gasteiger partial charge in [-0.3, -0.25) is 0 Å². The van der Waals surface area contributed by atoms with Gasteiger partial charge < -0.3 is 9.63 Å². The number of nitrogens with zero attached hydrogens (tertiary/aromatic N) is 1. The summed E-state index contributed by atoms with van der Waals surface area (Å²) in [6.07, 6.45) is 0.939. The van der Waals surface area contributed by atoms with Crippen molar-refractivity contribution in [1.82, 2.24) is 5.16 Å². The van der Waals surface area contributed by atoms with Crippen molar-refractivity contribution in [3.05, 3.63) is 56.9 Å². The summed E-state index contributed by atoms with van der Waals surface area (Å²) in [5, 5.41) is 13.5. The number of halogens is 3. The van der Waals surface area contributed by atoms with Gasteiger partial charge in [0.1, 0.15) is 23.0 Å². The van der Waals surface area contributed by atoms with Crippen LogP contribution in [0.2, 0.25) is 0 Å². The monoisotopic (exact) mass is 503 g/mol. The Labute approximate surface area is 166 Å². The minimum atomic E-state index is -3.68. The van der Waals surface area contributed by atoms with E-state index >= 15 is 0 Å². The average Bonchev–Trinajstić information content (AvgIpc) is 3.00. The van der Waals surface area contributed by atoms with Crippen molar-refractivity contribution < 1.29 is 22.4 Å². The first kappa shape index (κ1) is 19.2. The minimum absolute atomic E-state index is 0.158. The van der Waals surface area contributed by atoms with Crippen LogP contribution >= 0.6 is 31.9 Å². The Morgan fingerprint density at radius 3 is 2.38 bits per heavy atom. The molecule has 0 spiro atoms. The smallest absolute Gasteiger partial charge is 0.178 e. The number of sulfone groups is 1. The topological polar surface area (TPSA) is 80.4 Å². The number of hydrogen-bond acceptors (Lipinski definition) is 5. The molecule has 1 aromatic heterocycles. The summed E-state index contributed by atoms with van der Waals surface area (Å²) >= 11 is 6.79. The van der Waals surface area contributed by atoms with Crippen molar-refractivity contribution in [3.63, 3.8) is 0 Å². The lowest BCUT2D eigenvalue weighted by atomic mass is 9.99. The van der Waals surface area contributed by atoms with Crippen LogP contribution in [0.5, 0.6) is 0 Å². The predicted octanol–water partition coefficient (Wildman–Crippen LogP) is 4.57. The molecule has 1 N–H and O–H groups in total. The van der Waals surface area contributed by atoms with Gasteiger partial charge in [0.25, 0.3) is 0 Å². The number of hydrogen-bond donors (Lipinski definition) is 1. The first-order valence-corrected chi connectivity index (χ1v) is 10.7. The van der Waals surface area contributed by atoms with Gasteiger partial charge in [0.2, 0.25) is 0 Å². The molecule has 0 amide bonds. The summed E-state index contributed by atoms with van der Waals surface area (Å²) in [7, 11) is -3.68. The van der Waals surface area contributed by atoms with Crippen molar-refractivity contribution in [1.29, 1.82) is 0 Å². The van der Waals surface area contributed by atoms with Crippen LogP contribution in [0, 0.1) is 5.82 Å². The number of aliphatic hydroxyl groups excluding tert-OH is 1. The lowest BCUT2D eigenvalue weighted by Crippen LogP contribution is -2.01. The van der Waals surface area contributed by atoms with Crippen LogP contribution < -0.4 is 0 Å². The number of benzene rings is 2. The molecule has 0 bridgehead atoms. The molecular formula is C17H12Br2FNO4S. The molecule has 5 nitrogen and oxygen atoms in total. The van der Waals surface area contributed by atoms with Crippen molar-refractivity contribution >= 4 is 41.7 Å². The molecule has 0 atom stereocenters. The third kappa shape index (κ3) is 3.62. The van der Waals surface area contributed by atoms with Gasteiger partial charge in [-0.1, -0.05) is 17.3 Å². The molecule has 0 saturated heterocycles. The van der Waals surface area contributed by atoms with Crippen LogP contribution in [-0.4, -0.2) is 24.9 Å². The van der Waals surface area contributed by atoms with E-state index < -0.39 is 27.2 Å². The molecule has 0 unspecified atom stereocenters. The van der Waals surface area contributed by atoms with Crippen molar-refractivity contribution in [2.24, 2.45) is 0 Å². The zero-order valence-corrected chi connectivity index (χ0v) is 17.3. The molecule has 0 radical (unpaired) electrons. The van der Waals surface area contributed by atoms with E-state index in [0.717, 1.165) is 21.3 Å². The summed E-state index contributed by atoms with van der Waals surface area (Å²) in [5.41, 5.74) is 1.86. The molecule has 136 valence electrons. The second-order valence-electron chi connectivity index (χ2n) is 5.53. The Bertz CT molecular complexity index is 1100. The minimum Gasteiger partial charge on any atom is -0.388 e. The fraction of sp³-hybridized carbons (Fsp3) is 0.118. The standard InChI is InChI=1S/C17H12Br2FNO4S/c1-26(23,24)15-5-3-9(7-13(15)20)16-14(8-22)25-21-17(16)10-2-4-11(18)12(19)6-10/h2-7,22H,8H2,1H3. The maximum atomic E-state index is 14.3. The van der Waals surface area contributed by atoms with Crippen LogP contribution in [0.25, 0.3) is 22.4 Å². The predicted molar refractivity (Wildman–Crippen MR) is 102 cm³/mol. The highest BCUT2D eigenvalue weighted by Gasteiger charge is 2.22. The van der Waals surface area contributed by atoms with Gasteiger partial charge >= 0.3 is 0 Å². The van der Waals surface area contributed by atoms with Gasteiger partial charge in [-0.2, -0.15) is 0 Å². The first-order valence-electron chi connectivity index (χ1n) is 7.27. The Kier molecular flexibility index (Phi) is 5.34. The summed E-state index contributed by atoms with van der Waals surface area (Å²) in [4.78, 5) is -0.392.